The minimum absolute atomic E-state index is 0.0237. The number of rotatable bonds is 1. The van der Waals surface area contributed by atoms with Gasteiger partial charge in [-0.05, 0) is 31.0 Å². The quantitative estimate of drug-likeness (QED) is 0.597. The van der Waals surface area contributed by atoms with E-state index in [1.165, 1.54) is 5.56 Å². The summed E-state index contributed by atoms with van der Waals surface area (Å²) in [6.45, 7) is 3.95. The summed E-state index contributed by atoms with van der Waals surface area (Å²) in [5.41, 5.74) is 14.4. The van der Waals surface area contributed by atoms with E-state index in [1.54, 1.807) is 0 Å². The fourth-order valence-corrected chi connectivity index (χ4v) is 1.11. The molecule has 2 heteroatoms. The van der Waals surface area contributed by atoms with E-state index < -0.39 is 0 Å². The summed E-state index contributed by atoms with van der Waals surface area (Å²) < 4.78 is 0. The molecule has 0 aliphatic carbocycles. The normalized spacial score (nSPS) is 13.0. The monoisotopic (exact) mass is 150 g/mol. The molecule has 1 rings (SSSR count). The smallest absolute Gasteiger partial charge is 0.0364 e. The van der Waals surface area contributed by atoms with Gasteiger partial charge in [-0.15, -0.1) is 0 Å². The summed E-state index contributed by atoms with van der Waals surface area (Å²) in [6, 6.07) is 5.97. The lowest BCUT2D eigenvalue weighted by molar-refractivity contribution is 0.821. The van der Waals surface area contributed by atoms with Gasteiger partial charge in [-0.2, -0.15) is 0 Å². The van der Waals surface area contributed by atoms with E-state index in [9.17, 15) is 0 Å². The zero-order chi connectivity index (χ0) is 8.43. The van der Waals surface area contributed by atoms with E-state index in [1.807, 2.05) is 32.0 Å². The van der Waals surface area contributed by atoms with Crippen LogP contribution in [0.25, 0.3) is 0 Å². The van der Waals surface area contributed by atoms with Crippen LogP contribution in [0.1, 0.15) is 24.1 Å². The van der Waals surface area contributed by atoms with Crippen LogP contribution in [0.3, 0.4) is 0 Å². The molecule has 0 spiro atoms. The molecule has 0 unspecified atom stereocenters. The largest absolute Gasteiger partial charge is 0.398 e. The Kier molecular flexibility index (Phi) is 2.15. The van der Waals surface area contributed by atoms with E-state index in [2.05, 4.69) is 0 Å². The first-order valence-corrected chi connectivity index (χ1v) is 3.73. The maximum absolute atomic E-state index is 5.74. The van der Waals surface area contributed by atoms with Gasteiger partial charge >= 0.3 is 0 Å². The highest BCUT2D eigenvalue weighted by molar-refractivity contribution is 5.50. The molecule has 0 bridgehead atoms. The Morgan fingerprint density at radius 2 is 2.00 bits per heavy atom. The summed E-state index contributed by atoms with van der Waals surface area (Å²) in [4.78, 5) is 0. The first-order valence-electron chi connectivity index (χ1n) is 3.73. The lowest BCUT2D eigenvalue weighted by atomic mass is 10.1. The molecule has 0 amide bonds. The van der Waals surface area contributed by atoms with Crippen LogP contribution in [-0.4, -0.2) is 0 Å². The molecule has 11 heavy (non-hydrogen) atoms. The Balaban J connectivity index is 3.09. The van der Waals surface area contributed by atoms with Crippen molar-refractivity contribution >= 4 is 5.69 Å². The fourth-order valence-electron chi connectivity index (χ4n) is 1.11. The van der Waals surface area contributed by atoms with E-state index >= 15 is 0 Å². The summed E-state index contributed by atoms with van der Waals surface area (Å²) >= 11 is 0. The van der Waals surface area contributed by atoms with Crippen LogP contribution < -0.4 is 11.5 Å². The van der Waals surface area contributed by atoms with Crippen molar-refractivity contribution in [1.82, 2.24) is 0 Å². The maximum Gasteiger partial charge on any atom is 0.0364 e. The highest BCUT2D eigenvalue weighted by atomic mass is 14.6. The van der Waals surface area contributed by atoms with Crippen LogP contribution in [0.5, 0.6) is 0 Å². The molecule has 0 heterocycles. The molecule has 0 saturated heterocycles. The van der Waals surface area contributed by atoms with E-state index in [0.717, 1.165) is 11.3 Å². The Hall–Kier alpha value is -1.02. The van der Waals surface area contributed by atoms with Gasteiger partial charge in [0.1, 0.15) is 0 Å². The van der Waals surface area contributed by atoms with Gasteiger partial charge in [-0.25, -0.2) is 0 Å². The minimum atomic E-state index is 0.0237. The molecule has 1 atom stereocenters. The number of anilines is 1. The highest BCUT2D eigenvalue weighted by Crippen LogP contribution is 2.18. The van der Waals surface area contributed by atoms with Crippen LogP contribution in [0.4, 0.5) is 5.69 Å². The van der Waals surface area contributed by atoms with Gasteiger partial charge < -0.3 is 11.5 Å². The third-order valence-electron chi connectivity index (χ3n) is 1.73. The summed E-state index contributed by atoms with van der Waals surface area (Å²) in [5, 5.41) is 0. The van der Waals surface area contributed by atoms with Crippen molar-refractivity contribution in [3.05, 3.63) is 29.3 Å². The van der Waals surface area contributed by atoms with Gasteiger partial charge in [-0.1, -0.05) is 12.1 Å². The predicted molar refractivity (Wildman–Crippen MR) is 48.2 cm³/mol. The molecule has 0 saturated carbocycles. The second kappa shape index (κ2) is 2.93. The molecule has 1 aromatic rings. The highest BCUT2D eigenvalue weighted by Gasteiger charge is 2.02. The van der Waals surface area contributed by atoms with Crippen molar-refractivity contribution < 1.29 is 0 Å². The van der Waals surface area contributed by atoms with E-state index in [4.69, 9.17) is 11.5 Å². The average Bonchev–Trinajstić information content (AvgIpc) is 1.85. The minimum Gasteiger partial charge on any atom is -0.398 e. The van der Waals surface area contributed by atoms with Crippen LogP contribution in [-0.2, 0) is 0 Å². The van der Waals surface area contributed by atoms with Gasteiger partial charge in [0, 0.05) is 11.7 Å². The van der Waals surface area contributed by atoms with Crippen molar-refractivity contribution in [2.45, 2.75) is 19.9 Å². The molecular weight excluding hydrogens is 136 g/mol. The zero-order valence-electron chi connectivity index (χ0n) is 6.96. The first kappa shape index (κ1) is 8.08. The standard InChI is InChI=1S/C9H14N2/c1-6-3-4-8(7(2)10)9(11)5-6/h3-5,7H,10-11H2,1-2H3/t7-/m1/s1. The van der Waals surface area contributed by atoms with Crippen LogP contribution in [0.2, 0.25) is 0 Å². The molecule has 60 valence electrons. The van der Waals surface area contributed by atoms with Crippen molar-refractivity contribution in [3.63, 3.8) is 0 Å². The number of benzene rings is 1. The van der Waals surface area contributed by atoms with E-state index in [-0.39, 0.29) is 6.04 Å². The number of nitrogens with two attached hydrogens (primary N) is 2. The summed E-state index contributed by atoms with van der Waals surface area (Å²) in [7, 11) is 0. The van der Waals surface area contributed by atoms with Crippen molar-refractivity contribution in [2.75, 3.05) is 5.73 Å². The van der Waals surface area contributed by atoms with Crippen LogP contribution >= 0.6 is 0 Å². The lowest BCUT2D eigenvalue weighted by Gasteiger charge is -2.09. The molecule has 1 aromatic carbocycles. The molecule has 0 aliphatic rings. The van der Waals surface area contributed by atoms with Crippen molar-refractivity contribution in [3.8, 4) is 0 Å². The average molecular weight is 150 g/mol. The third kappa shape index (κ3) is 1.71. The van der Waals surface area contributed by atoms with Gasteiger partial charge in [0.2, 0.25) is 0 Å². The second-order valence-electron chi connectivity index (χ2n) is 2.92. The number of aryl methyl sites for hydroxylation is 1. The predicted octanol–water partition coefficient (Wildman–Crippen LogP) is 1.60. The second-order valence-corrected chi connectivity index (χ2v) is 2.92. The summed E-state index contributed by atoms with van der Waals surface area (Å²) in [5.74, 6) is 0. The lowest BCUT2D eigenvalue weighted by Crippen LogP contribution is -2.07. The Morgan fingerprint density at radius 3 is 2.45 bits per heavy atom. The number of hydrogen-bond acceptors (Lipinski definition) is 2. The fraction of sp³-hybridized carbons (Fsp3) is 0.333. The van der Waals surface area contributed by atoms with E-state index in [0.29, 0.717) is 0 Å². The number of nitrogen functional groups attached to an aromatic ring is 1. The van der Waals surface area contributed by atoms with Gasteiger partial charge in [0.05, 0.1) is 0 Å². The maximum atomic E-state index is 5.74. The third-order valence-corrected chi connectivity index (χ3v) is 1.73. The van der Waals surface area contributed by atoms with Gasteiger partial charge in [0.15, 0.2) is 0 Å². The Labute approximate surface area is 67.2 Å². The van der Waals surface area contributed by atoms with Crippen LogP contribution in [0, 0.1) is 6.92 Å². The van der Waals surface area contributed by atoms with Gasteiger partial charge in [0.25, 0.3) is 0 Å². The van der Waals surface area contributed by atoms with Gasteiger partial charge in [-0.3, -0.25) is 0 Å². The van der Waals surface area contributed by atoms with Crippen molar-refractivity contribution in [1.29, 1.82) is 0 Å². The molecule has 2 nitrogen and oxygen atoms in total. The molecule has 0 fully saturated rings. The Bertz CT molecular complexity index is 254. The first-order chi connectivity index (χ1) is 5.11. The molecular formula is C9H14N2. The zero-order valence-corrected chi connectivity index (χ0v) is 6.96. The molecule has 0 aromatic heterocycles. The van der Waals surface area contributed by atoms with Crippen molar-refractivity contribution in [2.24, 2.45) is 5.73 Å². The molecule has 0 aliphatic heterocycles. The summed E-state index contributed by atoms with van der Waals surface area (Å²) in [6.07, 6.45) is 0. The topological polar surface area (TPSA) is 52.0 Å². The molecule has 4 N–H and O–H groups in total. The molecule has 0 radical (unpaired) electrons. The van der Waals surface area contributed by atoms with Crippen LogP contribution in [0.15, 0.2) is 18.2 Å². The SMILES string of the molecule is Cc1ccc([C@@H](C)N)c(N)c1. The number of hydrogen-bond donors (Lipinski definition) is 2. The Morgan fingerprint density at radius 1 is 1.36 bits per heavy atom.